The van der Waals surface area contributed by atoms with E-state index in [9.17, 15) is 0 Å². The molecule has 1 aromatic carbocycles. The van der Waals surface area contributed by atoms with Crippen LogP contribution in [-0.2, 0) is 6.54 Å². The van der Waals surface area contributed by atoms with Gasteiger partial charge in [0.25, 0.3) is 0 Å². The number of nitrogens with two attached hydrogens (primary N) is 1. The molecular weight excluding hydrogens is 218 g/mol. The monoisotopic (exact) mass is 225 g/mol. The summed E-state index contributed by atoms with van der Waals surface area (Å²) in [6.45, 7) is 0.510. The topological polar surface area (TPSA) is 39.2 Å². The summed E-state index contributed by atoms with van der Waals surface area (Å²) in [5, 5.41) is 1.08. The minimum atomic E-state index is 0.510. The maximum atomic E-state index is 5.55. The maximum absolute atomic E-state index is 5.55. The Morgan fingerprint density at radius 3 is 3.00 bits per heavy atom. The van der Waals surface area contributed by atoms with Gasteiger partial charge in [-0.1, -0.05) is 22.0 Å². The van der Waals surface area contributed by atoms with E-state index in [1.807, 2.05) is 18.2 Å². The van der Waals surface area contributed by atoms with Gasteiger partial charge in [-0.3, -0.25) is 0 Å². The van der Waals surface area contributed by atoms with Crippen LogP contribution in [0.5, 0.6) is 0 Å². The summed E-state index contributed by atoms with van der Waals surface area (Å²) in [5.74, 6) is 0. The van der Waals surface area contributed by atoms with Gasteiger partial charge in [-0.25, -0.2) is 0 Å². The molecule has 62 valence electrons. The molecule has 0 saturated heterocycles. The van der Waals surface area contributed by atoms with Crippen molar-refractivity contribution in [2.75, 3.05) is 0 Å². The lowest BCUT2D eigenvalue weighted by Crippen LogP contribution is -1.94. The minimum absolute atomic E-state index is 0.510. The number of hydrogen-bond donors (Lipinski definition) is 1. The van der Waals surface area contributed by atoms with Crippen LogP contribution in [0.3, 0.4) is 0 Å². The molecule has 0 fully saturated rings. The zero-order chi connectivity index (χ0) is 8.55. The molecule has 3 heteroatoms. The van der Waals surface area contributed by atoms with Crippen molar-refractivity contribution in [3.05, 3.63) is 34.5 Å². The highest BCUT2D eigenvalue weighted by atomic mass is 79.9. The fourth-order valence-corrected chi connectivity index (χ4v) is 1.86. The molecule has 2 N–H and O–H groups in total. The second-order valence-electron chi connectivity index (χ2n) is 2.58. The molecule has 2 rings (SSSR count). The first kappa shape index (κ1) is 7.83. The first-order valence-corrected chi connectivity index (χ1v) is 4.47. The summed E-state index contributed by atoms with van der Waals surface area (Å²) in [6, 6.07) is 5.85. The summed E-state index contributed by atoms with van der Waals surface area (Å²) in [6.07, 6.45) is 1.70. The largest absolute Gasteiger partial charge is 0.464 e. The SMILES string of the molecule is NCc1coc2cccc(Br)c12. The molecule has 0 unspecified atom stereocenters. The standard InChI is InChI=1S/C9H8BrNO/c10-7-2-1-3-8-9(7)6(4-11)5-12-8/h1-3,5H,4,11H2. The molecule has 0 atom stereocenters. The van der Waals surface area contributed by atoms with E-state index in [1.54, 1.807) is 6.26 Å². The van der Waals surface area contributed by atoms with E-state index in [2.05, 4.69) is 15.9 Å². The van der Waals surface area contributed by atoms with Crippen molar-refractivity contribution in [3.8, 4) is 0 Å². The highest BCUT2D eigenvalue weighted by molar-refractivity contribution is 9.10. The molecule has 0 amide bonds. The number of furan rings is 1. The normalized spacial score (nSPS) is 10.8. The molecule has 2 nitrogen and oxygen atoms in total. The van der Waals surface area contributed by atoms with E-state index < -0.39 is 0 Å². The van der Waals surface area contributed by atoms with E-state index in [-0.39, 0.29) is 0 Å². The predicted molar refractivity (Wildman–Crippen MR) is 51.8 cm³/mol. The lowest BCUT2D eigenvalue weighted by Gasteiger charge is -1.94. The van der Waals surface area contributed by atoms with E-state index in [1.165, 1.54) is 0 Å². The van der Waals surface area contributed by atoms with Gasteiger partial charge >= 0.3 is 0 Å². The number of rotatable bonds is 1. The molecular formula is C9H8BrNO. The van der Waals surface area contributed by atoms with E-state index in [4.69, 9.17) is 10.2 Å². The molecule has 0 spiro atoms. The molecule has 0 radical (unpaired) electrons. The summed E-state index contributed by atoms with van der Waals surface area (Å²) < 4.78 is 6.35. The fourth-order valence-electron chi connectivity index (χ4n) is 1.26. The van der Waals surface area contributed by atoms with E-state index in [0.29, 0.717) is 6.54 Å². The Morgan fingerprint density at radius 1 is 1.42 bits per heavy atom. The van der Waals surface area contributed by atoms with Gasteiger partial charge in [-0.2, -0.15) is 0 Å². The van der Waals surface area contributed by atoms with Crippen LogP contribution in [0.1, 0.15) is 5.56 Å². The lowest BCUT2D eigenvalue weighted by atomic mass is 10.2. The number of halogens is 1. The van der Waals surface area contributed by atoms with Crippen molar-refractivity contribution >= 4 is 26.9 Å². The summed E-state index contributed by atoms with van der Waals surface area (Å²) in [7, 11) is 0. The van der Waals surface area contributed by atoms with E-state index >= 15 is 0 Å². The number of benzene rings is 1. The van der Waals surface area contributed by atoms with Gasteiger partial charge < -0.3 is 10.2 Å². The third kappa shape index (κ3) is 1.06. The van der Waals surface area contributed by atoms with Crippen LogP contribution >= 0.6 is 15.9 Å². The lowest BCUT2D eigenvalue weighted by molar-refractivity contribution is 0.610. The maximum Gasteiger partial charge on any atom is 0.135 e. The van der Waals surface area contributed by atoms with Crippen LogP contribution in [0.25, 0.3) is 11.0 Å². The molecule has 12 heavy (non-hydrogen) atoms. The quantitative estimate of drug-likeness (QED) is 0.811. The average molecular weight is 226 g/mol. The van der Waals surface area contributed by atoms with Crippen molar-refractivity contribution in [2.24, 2.45) is 5.73 Å². The van der Waals surface area contributed by atoms with Crippen LogP contribution < -0.4 is 5.73 Å². The van der Waals surface area contributed by atoms with Gasteiger partial charge in [0.05, 0.1) is 6.26 Å². The first-order chi connectivity index (χ1) is 5.83. The summed E-state index contributed by atoms with van der Waals surface area (Å²) in [5.41, 5.74) is 7.47. The molecule has 0 aliphatic heterocycles. The Kier molecular flexibility index (Phi) is 1.90. The third-order valence-corrected chi connectivity index (χ3v) is 2.51. The van der Waals surface area contributed by atoms with Crippen LogP contribution in [-0.4, -0.2) is 0 Å². The Balaban J connectivity index is 2.83. The van der Waals surface area contributed by atoms with Crippen molar-refractivity contribution in [3.63, 3.8) is 0 Å². The van der Waals surface area contributed by atoms with Crippen molar-refractivity contribution in [1.29, 1.82) is 0 Å². The Hall–Kier alpha value is -0.800. The smallest absolute Gasteiger partial charge is 0.135 e. The van der Waals surface area contributed by atoms with Crippen molar-refractivity contribution < 1.29 is 4.42 Å². The molecule has 1 aromatic heterocycles. The highest BCUT2D eigenvalue weighted by Crippen LogP contribution is 2.28. The van der Waals surface area contributed by atoms with Gasteiger partial charge in [0.1, 0.15) is 5.58 Å². The van der Waals surface area contributed by atoms with Gasteiger partial charge in [0, 0.05) is 22.0 Å². The highest BCUT2D eigenvalue weighted by Gasteiger charge is 2.06. The zero-order valence-electron chi connectivity index (χ0n) is 6.38. The predicted octanol–water partition coefficient (Wildman–Crippen LogP) is 2.65. The molecule has 0 aliphatic rings. The summed E-state index contributed by atoms with van der Waals surface area (Å²) >= 11 is 3.45. The number of hydrogen-bond acceptors (Lipinski definition) is 2. The van der Waals surface area contributed by atoms with Gasteiger partial charge in [0.2, 0.25) is 0 Å². The van der Waals surface area contributed by atoms with Gasteiger partial charge in [-0.05, 0) is 12.1 Å². The Labute approximate surface area is 78.5 Å². The molecule has 0 aliphatic carbocycles. The summed E-state index contributed by atoms with van der Waals surface area (Å²) in [4.78, 5) is 0. The Bertz CT molecular complexity index is 408. The van der Waals surface area contributed by atoms with E-state index in [0.717, 1.165) is 21.0 Å². The zero-order valence-corrected chi connectivity index (χ0v) is 7.97. The van der Waals surface area contributed by atoms with Crippen LogP contribution in [0.15, 0.2) is 33.4 Å². The Morgan fingerprint density at radius 2 is 2.25 bits per heavy atom. The minimum Gasteiger partial charge on any atom is -0.464 e. The third-order valence-electron chi connectivity index (χ3n) is 1.84. The molecule has 1 heterocycles. The first-order valence-electron chi connectivity index (χ1n) is 3.67. The average Bonchev–Trinajstić information content (AvgIpc) is 2.49. The fraction of sp³-hybridized carbons (Fsp3) is 0.111. The van der Waals surface area contributed by atoms with Gasteiger partial charge in [0.15, 0.2) is 0 Å². The molecule has 0 saturated carbocycles. The van der Waals surface area contributed by atoms with Crippen LogP contribution in [0.4, 0.5) is 0 Å². The van der Waals surface area contributed by atoms with Gasteiger partial charge in [-0.15, -0.1) is 0 Å². The van der Waals surface area contributed by atoms with Crippen molar-refractivity contribution in [1.82, 2.24) is 0 Å². The molecule has 0 bridgehead atoms. The van der Waals surface area contributed by atoms with Crippen LogP contribution in [0.2, 0.25) is 0 Å². The van der Waals surface area contributed by atoms with Crippen LogP contribution in [0, 0.1) is 0 Å². The second kappa shape index (κ2) is 2.92. The number of fused-ring (bicyclic) bond motifs is 1. The molecule has 2 aromatic rings. The second-order valence-corrected chi connectivity index (χ2v) is 3.43. The van der Waals surface area contributed by atoms with Crippen molar-refractivity contribution in [2.45, 2.75) is 6.54 Å².